The zero-order valence-electron chi connectivity index (χ0n) is 10.9. The largest absolute Gasteiger partial charge is 0.272 e. The fraction of sp³-hybridized carbons (Fsp3) is 0.583. The van der Waals surface area contributed by atoms with Gasteiger partial charge >= 0.3 is 0 Å². The van der Waals surface area contributed by atoms with E-state index in [2.05, 4.69) is 36.2 Å². The van der Waals surface area contributed by atoms with Gasteiger partial charge < -0.3 is 0 Å². The Morgan fingerprint density at radius 1 is 1.24 bits per heavy atom. The van der Waals surface area contributed by atoms with Crippen molar-refractivity contribution in [1.82, 2.24) is 24.8 Å². The second-order valence-corrected chi connectivity index (χ2v) is 4.34. The minimum absolute atomic E-state index is 0.873. The Morgan fingerprint density at radius 2 is 2.00 bits per heavy atom. The molecule has 2 aromatic rings. The van der Waals surface area contributed by atoms with Gasteiger partial charge in [0.05, 0.1) is 11.4 Å². The van der Waals surface area contributed by atoms with Crippen LogP contribution in [0.15, 0.2) is 6.20 Å². The molecule has 5 heteroatoms. The van der Waals surface area contributed by atoms with E-state index in [1.54, 1.807) is 0 Å². The number of nitrogens with zero attached hydrogens (tertiary/aromatic N) is 5. The molecule has 0 aliphatic heterocycles. The van der Waals surface area contributed by atoms with Crippen molar-refractivity contribution in [2.75, 3.05) is 0 Å². The molecule has 0 unspecified atom stereocenters. The summed E-state index contributed by atoms with van der Waals surface area (Å²) in [5.41, 5.74) is 4.74. The van der Waals surface area contributed by atoms with Gasteiger partial charge in [-0.1, -0.05) is 5.21 Å². The quantitative estimate of drug-likeness (QED) is 0.802. The van der Waals surface area contributed by atoms with Crippen LogP contribution in [0.1, 0.15) is 29.6 Å². The summed E-state index contributed by atoms with van der Waals surface area (Å²) < 4.78 is 3.80. The summed E-state index contributed by atoms with van der Waals surface area (Å²) in [6.07, 6.45) is 3.92. The van der Waals surface area contributed by atoms with E-state index in [-0.39, 0.29) is 0 Å². The molecule has 17 heavy (non-hydrogen) atoms. The van der Waals surface area contributed by atoms with Crippen molar-refractivity contribution in [3.63, 3.8) is 0 Å². The summed E-state index contributed by atoms with van der Waals surface area (Å²) in [4.78, 5) is 0. The first-order valence-corrected chi connectivity index (χ1v) is 6.00. The first-order chi connectivity index (χ1) is 8.11. The van der Waals surface area contributed by atoms with Gasteiger partial charge in [-0.25, -0.2) is 0 Å². The highest BCUT2D eigenvalue weighted by molar-refractivity contribution is 5.25. The third-order valence-electron chi connectivity index (χ3n) is 3.20. The molecule has 0 spiro atoms. The van der Waals surface area contributed by atoms with E-state index in [0.717, 1.165) is 30.8 Å². The van der Waals surface area contributed by atoms with Crippen molar-refractivity contribution in [2.24, 2.45) is 7.05 Å². The fourth-order valence-corrected chi connectivity index (χ4v) is 2.04. The first-order valence-electron chi connectivity index (χ1n) is 6.00. The highest BCUT2D eigenvalue weighted by Gasteiger charge is 2.10. The van der Waals surface area contributed by atoms with Crippen molar-refractivity contribution in [3.05, 3.63) is 28.8 Å². The highest BCUT2D eigenvalue weighted by atomic mass is 15.4. The molecule has 0 saturated carbocycles. The molecule has 0 saturated heterocycles. The topological polar surface area (TPSA) is 48.5 Å². The van der Waals surface area contributed by atoms with Gasteiger partial charge in [0.1, 0.15) is 0 Å². The molecule has 0 aliphatic rings. The summed E-state index contributed by atoms with van der Waals surface area (Å²) in [5, 5.41) is 12.6. The molecule has 0 aromatic carbocycles. The maximum absolute atomic E-state index is 4.42. The highest BCUT2D eigenvalue weighted by Crippen LogP contribution is 2.14. The number of aromatic nitrogens is 5. The van der Waals surface area contributed by atoms with Crippen molar-refractivity contribution >= 4 is 0 Å². The Bertz CT molecular complexity index is 509. The van der Waals surface area contributed by atoms with Crippen molar-refractivity contribution < 1.29 is 0 Å². The SMILES string of the molecule is CCn1cc(CCc2c(C)nn(C)c2C)nn1. The van der Waals surface area contributed by atoms with Crippen LogP contribution in [-0.2, 0) is 26.4 Å². The van der Waals surface area contributed by atoms with Gasteiger partial charge in [0.25, 0.3) is 0 Å². The van der Waals surface area contributed by atoms with Crippen LogP contribution >= 0.6 is 0 Å². The summed E-state index contributed by atoms with van der Waals surface area (Å²) in [7, 11) is 1.99. The van der Waals surface area contributed by atoms with E-state index >= 15 is 0 Å². The lowest BCUT2D eigenvalue weighted by Crippen LogP contribution is -1.96. The van der Waals surface area contributed by atoms with Crippen LogP contribution in [0.3, 0.4) is 0 Å². The van der Waals surface area contributed by atoms with Gasteiger partial charge in [0.2, 0.25) is 0 Å². The van der Waals surface area contributed by atoms with Crippen LogP contribution in [-0.4, -0.2) is 24.8 Å². The molecule has 0 aliphatic carbocycles. The molecular formula is C12H19N5. The van der Waals surface area contributed by atoms with Crippen LogP contribution in [0.25, 0.3) is 0 Å². The van der Waals surface area contributed by atoms with E-state index in [9.17, 15) is 0 Å². The predicted molar refractivity (Wildman–Crippen MR) is 65.8 cm³/mol. The van der Waals surface area contributed by atoms with E-state index in [1.165, 1.54) is 11.3 Å². The average Bonchev–Trinajstić information content (AvgIpc) is 2.84. The van der Waals surface area contributed by atoms with Crippen LogP contribution in [0.5, 0.6) is 0 Å². The average molecular weight is 233 g/mol. The molecule has 2 aromatic heterocycles. The monoisotopic (exact) mass is 233 g/mol. The molecule has 5 nitrogen and oxygen atoms in total. The van der Waals surface area contributed by atoms with E-state index in [1.807, 2.05) is 22.6 Å². The second kappa shape index (κ2) is 4.69. The molecule has 2 rings (SSSR count). The van der Waals surface area contributed by atoms with Crippen molar-refractivity contribution in [1.29, 1.82) is 0 Å². The molecule has 0 N–H and O–H groups in total. The Labute approximate surface area is 101 Å². The summed E-state index contributed by atoms with van der Waals surface area (Å²) >= 11 is 0. The zero-order valence-corrected chi connectivity index (χ0v) is 10.9. The smallest absolute Gasteiger partial charge is 0.0830 e. The maximum atomic E-state index is 4.42. The lowest BCUT2D eigenvalue weighted by molar-refractivity contribution is 0.626. The van der Waals surface area contributed by atoms with Gasteiger partial charge in [-0.05, 0) is 39.2 Å². The normalized spacial score (nSPS) is 11.1. The standard InChI is InChI=1S/C12H19N5/c1-5-17-8-11(13-15-17)6-7-12-9(2)14-16(4)10(12)3/h8H,5-7H2,1-4H3. The number of hydrogen-bond donors (Lipinski definition) is 0. The van der Waals surface area contributed by atoms with Crippen LogP contribution in [0.2, 0.25) is 0 Å². The first kappa shape index (κ1) is 11.8. The second-order valence-electron chi connectivity index (χ2n) is 4.34. The third kappa shape index (κ3) is 2.38. The third-order valence-corrected chi connectivity index (χ3v) is 3.20. The van der Waals surface area contributed by atoms with Crippen LogP contribution < -0.4 is 0 Å². The lowest BCUT2D eigenvalue weighted by Gasteiger charge is -1.99. The van der Waals surface area contributed by atoms with E-state index < -0.39 is 0 Å². The van der Waals surface area contributed by atoms with E-state index in [0.29, 0.717) is 0 Å². The lowest BCUT2D eigenvalue weighted by atomic mass is 10.1. The molecule has 0 atom stereocenters. The van der Waals surface area contributed by atoms with Crippen molar-refractivity contribution in [2.45, 2.75) is 40.2 Å². The molecule has 0 radical (unpaired) electrons. The summed E-state index contributed by atoms with van der Waals surface area (Å²) in [5.74, 6) is 0. The Morgan fingerprint density at radius 3 is 2.53 bits per heavy atom. The zero-order chi connectivity index (χ0) is 12.4. The summed E-state index contributed by atoms with van der Waals surface area (Å²) in [6.45, 7) is 7.11. The van der Waals surface area contributed by atoms with Crippen LogP contribution in [0, 0.1) is 13.8 Å². The Hall–Kier alpha value is -1.65. The van der Waals surface area contributed by atoms with Crippen molar-refractivity contribution in [3.8, 4) is 0 Å². The van der Waals surface area contributed by atoms with Gasteiger partial charge in [0, 0.05) is 25.5 Å². The Balaban J connectivity index is 2.07. The van der Waals surface area contributed by atoms with Gasteiger partial charge in [-0.15, -0.1) is 5.10 Å². The van der Waals surface area contributed by atoms with E-state index in [4.69, 9.17) is 0 Å². The molecule has 0 fully saturated rings. The fourth-order valence-electron chi connectivity index (χ4n) is 2.04. The number of rotatable bonds is 4. The Kier molecular flexibility index (Phi) is 3.26. The number of aryl methyl sites for hydroxylation is 4. The van der Waals surface area contributed by atoms with Crippen LogP contribution in [0.4, 0.5) is 0 Å². The van der Waals surface area contributed by atoms with Gasteiger partial charge in [-0.3, -0.25) is 9.36 Å². The molecule has 0 amide bonds. The minimum Gasteiger partial charge on any atom is -0.272 e. The molecule has 0 bridgehead atoms. The minimum atomic E-state index is 0.873. The van der Waals surface area contributed by atoms with Gasteiger partial charge in [-0.2, -0.15) is 5.10 Å². The molecular weight excluding hydrogens is 214 g/mol. The molecule has 92 valence electrons. The number of hydrogen-bond acceptors (Lipinski definition) is 3. The molecule has 2 heterocycles. The maximum Gasteiger partial charge on any atom is 0.0830 e. The predicted octanol–water partition coefficient (Wildman–Crippen LogP) is 1.43. The summed E-state index contributed by atoms with van der Waals surface area (Å²) in [6, 6.07) is 0. The van der Waals surface area contributed by atoms with Gasteiger partial charge in [0.15, 0.2) is 0 Å².